The first-order chi connectivity index (χ1) is 6.12. The van der Waals surface area contributed by atoms with Gasteiger partial charge in [0.15, 0.2) is 0 Å². The molecular formula is C6H14LiO6P. The van der Waals surface area contributed by atoms with E-state index in [1.165, 1.54) is 14.2 Å². The van der Waals surface area contributed by atoms with Gasteiger partial charge in [0.25, 0.3) is 7.82 Å². The van der Waals surface area contributed by atoms with Gasteiger partial charge in [-0.1, -0.05) is 0 Å². The van der Waals surface area contributed by atoms with E-state index in [-0.39, 0.29) is 45.3 Å². The van der Waals surface area contributed by atoms with Gasteiger partial charge in [-0.2, -0.15) is 0 Å². The van der Waals surface area contributed by atoms with Crippen LogP contribution >= 0.6 is 7.82 Å². The van der Waals surface area contributed by atoms with Crippen LogP contribution < -0.4 is 23.8 Å². The first-order valence-corrected chi connectivity index (χ1v) is 5.16. The zero-order chi connectivity index (χ0) is 10.2. The van der Waals surface area contributed by atoms with Crippen LogP contribution in [0.4, 0.5) is 0 Å². The fourth-order valence-electron chi connectivity index (χ4n) is 0.502. The van der Waals surface area contributed by atoms with Gasteiger partial charge in [0, 0.05) is 14.2 Å². The molecule has 0 radical (unpaired) electrons. The Labute approximate surface area is 95.7 Å². The summed E-state index contributed by atoms with van der Waals surface area (Å²) in [6, 6.07) is 0. The van der Waals surface area contributed by atoms with E-state index in [0.29, 0.717) is 0 Å². The Morgan fingerprint density at radius 3 is 1.64 bits per heavy atom. The molecule has 0 unspecified atom stereocenters. The molecule has 0 spiro atoms. The van der Waals surface area contributed by atoms with Crippen molar-refractivity contribution < 1.29 is 46.8 Å². The molecule has 0 aromatic heterocycles. The maximum atomic E-state index is 10.9. The van der Waals surface area contributed by atoms with Crippen molar-refractivity contribution in [2.75, 3.05) is 40.6 Å². The second-order valence-corrected chi connectivity index (χ2v) is 3.51. The van der Waals surface area contributed by atoms with Crippen molar-refractivity contribution in [2.24, 2.45) is 0 Å². The molecule has 0 aromatic carbocycles. The van der Waals surface area contributed by atoms with Gasteiger partial charge in [-0.25, -0.2) is 0 Å². The van der Waals surface area contributed by atoms with E-state index < -0.39 is 7.82 Å². The van der Waals surface area contributed by atoms with E-state index in [9.17, 15) is 9.46 Å². The molecule has 0 rings (SSSR count). The molecule has 80 valence electrons. The van der Waals surface area contributed by atoms with Crippen molar-refractivity contribution in [3.63, 3.8) is 0 Å². The molecular weight excluding hydrogens is 206 g/mol. The Kier molecular flexibility index (Phi) is 12.4. The molecule has 0 N–H and O–H groups in total. The summed E-state index contributed by atoms with van der Waals surface area (Å²) in [4.78, 5) is 10.9. The molecule has 0 saturated heterocycles. The van der Waals surface area contributed by atoms with Gasteiger partial charge in [0.1, 0.15) is 0 Å². The van der Waals surface area contributed by atoms with Crippen LogP contribution in [0.1, 0.15) is 0 Å². The fraction of sp³-hybridized carbons (Fsp3) is 1.00. The number of phosphoric ester groups is 1. The molecule has 0 amide bonds. The zero-order valence-electron chi connectivity index (χ0n) is 8.73. The SMILES string of the molecule is COCCOP(=O)([O-])OCCOC.[Li+]. The minimum Gasteiger partial charge on any atom is -0.756 e. The van der Waals surface area contributed by atoms with E-state index in [4.69, 9.17) is 0 Å². The number of phosphoric acid groups is 1. The summed E-state index contributed by atoms with van der Waals surface area (Å²) in [7, 11) is -1.26. The average Bonchev–Trinajstić information content (AvgIpc) is 2.05. The predicted octanol–water partition coefficient (Wildman–Crippen LogP) is -3.22. The molecule has 0 atom stereocenters. The molecule has 0 aliphatic carbocycles. The predicted molar refractivity (Wildman–Crippen MR) is 43.3 cm³/mol. The molecule has 0 bridgehead atoms. The minimum atomic E-state index is -4.16. The summed E-state index contributed by atoms with van der Waals surface area (Å²) < 4.78 is 28.9. The smallest absolute Gasteiger partial charge is 0.756 e. The molecule has 0 heterocycles. The molecule has 8 heteroatoms. The van der Waals surface area contributed by atoms with Crippen molar-refractivity contribution in [3.05, 3.63) is 0 Å². The second kappa shape index (κ2) is 10.2. The summed E-state index contributed by atoms with van der Waals surface area (Å²) in [6.45, 7) is 0.342. The Bertz CT molecular complexity index is 152. The zero-order valence-corrected chi connectivity index (χ0v) is 9.62. The van der Waals surface area contributed by atoms with Gasteiger partial charge in [-0.3, -0.25) is 4.57 Å². The monoisotopic (exact) mass is 220 g/mol. The summed E-state index contributed by atoms with van der Waals surface area (Å²) in [6.07, 6.45) is 0. The molecule has 0 fully saturated rings. The van der Waals surface area contributed by atoms with Gasteiger partial charge in [0.05, 0.1) is 26.4 Å². The summed E-state index contributed by atoms with van der Waals surface area (Å²) >= 11 is 0. The Hall–Kier alpha value is 0.627. The van der Waals surface area contributed by atoms with Gasteiger partial charge in [-0.15, -0.1) is 0 Å². The van der Waals surface area contributed by atoms with Gasteiger partial charge < -0.3 is 23.4 Å². The molecule has 6 nitrogen and oxygen atoms in total. The first-order valence-electron chi connectivity index (χ1n) is 3.70. The van der Waals surface area contributed by atoms with Crippen molar-refractivity contribution in [2.45, 2.75) is 0 Å². The number of rotatable bonds is 8. The summed E-state index contributed by atoms with van der Waals surface area (Å²) in [5, 5.41) is 0. The van der Waals surface area contributed by atoms with E-state index >= 15 is 0 Å². The van der Waals surface area contributed by atoms with Gasteiger partial charge in [-0.05, 0) is 0 Å². The van der Waals surface area contributed by atoms with Gasteiger partial charge >= 0.3 is 18.9 Å². The molecule has 0 aliphatic heterocycles. The molecule has 14 heavy (non-hydrogen) atoms. The standard InChI is InChI=1S/C6H15O6P.Li/c1-9-3-5-11-13(7,8)12-6-4-10-2;/h3-6H2,1-2H3,(H,7,8);/q;+1/p-1. The Morgan fingerprint density at radius 2 is 1.36 bits per heavy atom. The number of hydrogen-bond acceptors (Lipinski definition) is 6. The van der Waals surface area contributed by atoms with Crippen LogP contribution in [-0.4, -0.2) is 40.6 Å². The topological polar surface area (TPSA) is 77.1 Å². The summed E-state index contributed by atoms with van der Waals surface area (Å²) in [5.74, 6) is 0. The normalized spacial score (nSPS) is 11.1. The third kappa shape index (κ3) is 10.7. The quantitative estimate of drug-likeness (QED) is 0.243. The number of hydrogen-bond donors (Lipinski definition) is 0. The minimum absolute atomic E-state index is 0. The summed E-state index contributed by atoms with van der Waals surface area (Å²) in [5.41, 5.74) is 0. The first kappa shape index (κ1) is 17.0. The molecule has 0 saturated carbocycles. The molecule has 0 aromatic rings. The van der Waals surface area contributed by atoms with Crippen LogP contribution in [0.15, 0.2) is 0 Å². The van der Waals surface area contributed by atoms with E-state index in [2.05, 4.69) is 18.5 Å². The van der Waals surface area contributed by atoms with Crippen LogP contribution in [0.3, 0.4) is 0 Å². The van der Waals surface area contributed by atoms with Crippen molar-refractivity contribution in [1.29, 1.82) is 0 Å². The molecule has 0 aliphatic rings. The maximum Gasteiger partial charge on any atom is 1.00 e. The number of methoxy groups -OCH3 is 2. The van der Waals surface area contributed by atoms with Crippen molar-refractivity contribution in [1.82, 2.24) is 0 Å². The average molecular weight is 220 g/mol. The third-order valence-corrected chi connectivity index (χ3v) is 2.07. The number of ether oxygens (including phenoxy) is 2. The Morgan fingerprint density at radius 1 is 1.00 bits per heavy atom. The van der Waals surface area contributed by atoms with Crippen LogP contribution in [0.5, 0.6) is 0 Å². The van der Waals surface area contributed by atoms with Crippen LogP contribution in [0.25, 0.3) is 0 Å². The largest absolute Gasteiger partial charge is 1.00 e. The van der Waals surface area contributed by atoms with E-state index in [1.807, 2.05) is 0 Å². The van der Waals surface area contributed by atoms with Crippen molar-refractivity contribution in [3.8, 4) is 0 Å². The van der Waals surface area contributed by atoms with E-state index in [1.54, 1.807) is 0 Å². The second-order valence-electron chi connectivity index (χ2n) is 2.10. The van der Waals surface area contributed by atoms with Crippen molar-refractivity contribution >= 4 is 7.82 Å². The fourth-order valence-corrected chi connectivity index (χ4v) is 1.17. The van der Waals surface area contributed by atoms with Crippen LogP contribution in [0.2, 0.25) is 0 Å². The van der Waals surface area contributed by atoms with Gasteiger partial charge in [0.2, 0.25) is 0 Å². The third-order valence-electron chi connectivity index (χ3n) is 1.07. The van der Waals surface area contributed by atoms with E-state index in [0.717, 1.165) is 0 Å². The Balaban J connectivity index is 0. The maximum absolute atomic E-state index is 10.9. The van der Waals surface area contributed by atoms with Crippen LogP contribution in [0, 0.1) is 0 Å². The van der Waals surface area contributed by atoms with Crippen LogP contribution in [-0.2, 0) is 23.1 Å².